The fourth-order valence-electron chi connectivity index (χ4n) is 5.49. The molecule has 1 aliphatic heterocycles. The first kappa shape index (κ1) is 21.5. The van der Waals surface area contributed by atoms with Crippen LogP contribution >= 0.6 is 11.3 Å². The Morgan fingerprint density at radius 1 is 1.09 bits per heavy atom. The summed E-state index contributed by atoms with van der Waals surface area (Å²) in [5.74, 6) is 2.71. The molecule has 0 radical (unpaired) electrons. The van der Waals surface area contributed by atoms with E-state index < -0.39 is 0 Å². The number of nitrogens with one attached hydrogen (secondary N) is 3. The lowest BCUT2D eigenvalue weighted by Gasteiger charge is -2.24. The Morgan fingerprint density at radius 3 is 2.85 bits per heavy atom. The van der Waals surface area contributed by atoms with Crippen molar-refractivity contribution in [3.8, 4) is 0 Å². The third-order valence-electron chi connectivity index (χ3n) is 7.21. The number of anilines is 4. The molecule has 0 aromatic carbocycles. The molecule has 6 rings (SSSR count). The highest BCUT2D eigenvalue weighted by Crippen LogP contribution is 2.35. The van der Waals surface area contributed by atoms with Crippen molar-refractivity contribution in [3.05, 3.63) is 28.5 Å². The summed E-state index contributed by atoms with van der Waals surface area (Å²) in [6.45, 7) is 0.751. The molecule has 4 heterocycles. The van der Waals surface area contributed by atoms with Gasteiger partial charge in [0.15, 0.2) is 5.82 Å². The van der Waals surface area contributed by atoms with Crippen LogP contribution in [0.5, 0.6) is 0 Å². The summed E-state index contributed by atoms with van der Waals surface area (Å²) in [4.78, 5) is 24.8. The first-order valence-corrected chi connectivity index (χ1v) is 13.2. The second-order valence-corrected chi connectivity index (χ2v) is 10.2. The molecule has 1 saturated heterocycles. The molecule has 0 spiro atoms. The standard InChI is InChI=1S/C23H29N9OS/c33-21(28-23-31-24-13-34-23)18-10-5-11-32(18)22-25-16-9-4-8-15(16)20(27-22)26-19-12-17(29-30-19)14-6-2-1-3-7-14/h12-14,18H,1-11H2,(H,28,31,33)(H2,25,26,27,29,30)/t18-/m0/s1. The Balaban J connectivity index is 1.24. The summed E-state index contributed by atoms with van der Waals surface area (Å²) in [5, 5.41) is 22.4. The molecule has 3 aromatic heterocycles. The average Bonchev–Trinajstić information content (AvgIpc) is 3.67. The lowest BCUT2D eigenvalue weighted by molar-refractivity contribution is -0.117. The lowest BCUT2D eigenvalue weighted by atomic mass is 9.87. The van der Waals surface area contributed by atoms with Crippen molar-refractivity contribution in [2.45, 2.75) is 76.2 Å². The molecule has 1 saturated carbocycles. The quantitative estimate of drug-likeness (QED) is 0.486. The summed E-state index contributed by atoms with van der Waals surface area (Å²) in [5.41, 5.74) is 5.06. The van der Waals surface area contributed by atoms with Crippen molar-refractivity contribution in [1.82, 2.24) is 30.4 Å². The molecular weight excluding hydrogens is 450 g/mol. The molecule has 1 amide bonds. The Kier molecular flexibility index (Phi) is 5.86. The van der Waals surface area contributed by atoms with E-state index in [1.54, 1.807) is 5.51 Å². The van der Waals surface area contributed by atoms with E-state index >= 15 is 0 Å². The first-order chi connectivity index (χ1) is 16.7. The van der Waals surface area contributed by atoms with Gasteiger partial charge in [-0.05, 0) is 44.9 Å². The van der Waals surface area contributed by atoms with Crippen LogP contribution in [0.15, 0.2) is 11.6 Å². The van der Waals surface area contributed by atoms with Crippen LogP contribution in [-0.4, -0.2) is 48.9 Å². The minimum absolute atomic E-state index is 0.0858. The van der Waals surface area contributed by atoms with Crippen molar-refractivity contribution in [2.75, 3.05) is 22.1 Å². The van der Waals surface area contributed by atoms with Crippen molar-refractivity contribution >= 4 is 40.0 Å². The SMILES string of the molecule is O=C(Nc1nncs1)[C@@H]1CCCN1c1nc2c(c(Nc3cc(C4CCCCC4)[nH]n3)n1)CCC2. The van der Waals surface area contributed by atoms with Gasteiger partial charge >= 0.3 is 0 Å². The van der Waals surface area contributed by atoms with Gasteiger partial charge in [-0.3, -0.25) is 15.2 Å². The second kappa shape index (κ2) is 9.28. The molecule has 0 bridgehead atoms. The van der Waals surface area contributed by atoms with Crippen LogP contribution in [0.4, 0.5) is 22.7 Å². The summed E-state index contributed by atoms with van der Waals surface area (Å²) < 4.78 is 0. The van der Waals surface area contributed by atoms with Crippen LogP contribution in [0.1, 0.15) is 74.2 Å². The molecule has 11 heteroatoms. The molecular formula is C23H29N9OS. The van der Waals surface area contributed by atoms with Crippen LogP contribution < -0.4 is 15.5 Å². The van der Waals surface area contributed by atoms with E-state index in [9.17, 15) is 4.79 Å². The largest absolute Gasteiger partial charge is 0.329 e. The van der Waals surface area contributed by atoms with E-state index in [4.69, 9.17) is 9.97 Å². The molecule has 3 aliphatic rings. The smallest absolute Gasteiger partial charge is 0.249 e. The topological polar surface area (TPSA) is 125 Å². The summed E-state index contributed by atoms with van der Waals surface area (Å²) in [7, 11) is 0. The molecule has 1 atom stereocenters. The third-order valence-corrected chi connectivity index (χ3v) is 7.82. The van der Waals surface area contributed by atoms with Gasteiger partial charge in [0, 0.05) is 29.8 Å². The van der Waals surface area contributed by atoms with Gasteiger partial charge in [0.1, 0.15) is 17.4 Å². The number of aromatic nitrogens is 6. The molecule has 2 aliphatic carbocycles. The molecule has 34 heavy (non-hydrogen) atoms. The Hall–Kier alpha value is -3.08. The van der Waals surface area contributed by atoms with Crippen LogP contribution in [0.3, 0.4) is 0 Å². The maximum atomic E-state index is 13.0. The highest BCUT2D eigenvalue weighted by atomic mass is 32.1. The number of rotatable bonds is 6. The van der Waals surface area contributed by atoms with Crippen molar-refractivity contribution in [1.29, 1.82) is 0 Å². The average molecular weight is 480 g/mol. The lowest BCUT2D eigenvalue weighted by Crippen LogP contribution is -2.40. The number of nitrogens with zero attached hydrogens (tertiary/aromatic N) is 6. The summed E-state index contributed by atoms with van der Waals surface area (Å²) in [6.07, 6.45) is 11.0. The minimum atomic E-state index is -0.320. The van der Waals surface area contributed by atoms with Gasteiger partial charge in [0.2, 0.25) is 17.0 Å². The molecule has 3 N–H and O–H groups in total. The number of hydrogen-bond acceptors (Lipinski definition) is 9. The van der Waals surface area contributed by atoms with Gasteiger partial charge in [-0.25, -0.2) is 4.98 Å². The fraction of sp³-hybridized carbons (Fsp3) is 0.565. The number of fused-ring (bicyclic) bond motifs is 1. The van der Waals surface area contributed by atoms with Gasteiger partial charge < -0.3 is 10.2 Å². The molecule has 0 unspecified atom stereocenters. The zero-order chi connectivity index (χ0) is 22.9. The normalized spacial score (nSPS) is 20.5. The van der Waals surface area contributed by atoms with Crippen molar-refractivity contribution < 1.29 is 4.79 Å². The van der Waals surface area contributed by atoms with Gasteiger partial charge in [-0.1, -0.05) is 30.6 Å². The van der Waals surface area contributed by atoms with Crippen LogP contribution in [0.2, 0.25) is 0 Å². The monoisotopic (exact) mass is 479 g/mol. The van der Waals surface area contributed by atoms with E-state index in [1.165, 1.54) is 54.7 Å². The maximum absolute atomic E-state index is 13.0. The van der Waals surface area contributed by atoms with E-state index in [1.807, 2.05) is 4.90 Å². The highest BCUT2D eigenvalue weighted by molar-refractivity contribution is 7.13. The highest BCUT2D eigenvalue weighted by Gasteiger charge is 2.34. The van der Waals surface area contributed by atoms with Crippen LogP contribution in [0, 0.1) is 0 Å². The maximum Gasteiger partial charge on any atom is 0.249 e. The van der Waals surface area contributed by atoms with Gasteiger partial charge in [0.05, 0.1) is 5.69 Å². The second-order valence-electron chi connectivity index (χ2n) is 9.40. The zero-order valence-corrected chi connectivity index (χ0v) is 19.9. The van der Waals surface area contributed by atoms with E-state index in [-0.39, 0.29) is 11.9 Å². The molecule has 178 valence electrons. The number of H-pyrrole nitrogens is 1. The minimum Gasteiger partial charge on any atom is -0.329 e. The predicted molar refractivity (Wildman–Crippen MR) is 131 cm³/mol. The number of carbonyl (C=O) groups is 1. The van der Waals surface area contributed by atoms with Gasteiger partial charge in [-0.2, -0.15) is 10.1 Å². The van der Waals surface area contributed by atoms with Gasteiger partial charge in [-0.15, -0.1) is 10.2 Å². The number of aryl methyl sites for hydroxylation is 1. The number of amides is 1. The van der Waals surface area contributed by atoms with Crippen LogP contribution in [0.25, 0.3) is 0 Å². The van der Waals surface area contributed by atoms with E-state index in [2.05, 4.69) is 37.1 Å². The predicted octanol–water partition coefficient (Wildman–Crippen LogP) is 3.94. The Morgan fingerprint density at radius 2 is 2.00 bits per heavy atom. The first-order valence-electron chi connectivity index (χ1n) is 12.3. The van der Waals surface area contributed by atoms with Crippen molar-refractivity contribution in [3.63, 3.8) is 0 Å². The molecule has 2 fully saturated rings. The number of aromatic amines is 1. The van der Waals surface area contributed by atoms with E-state index in [0.29, 0.717) is 17.0 Å². The molecule has 10 nitrogen and oxygen atoms in total. The van der Waals surface area contributed by atoms with E-state index in [0.717, 1.165) is 56.0 Å². The number of hydrogen-bond donors (Lipinski definition) is 3. The van der Waals surface area contributed by atoms with Crippen LogP contribution in [-0.2, 0) is 17.6 Å². The molecule has 3 aromatic rings. The summed E-state index contributed by atoms with van der Waals surface area (Å²) in [6, 6.07) is 1.81. The Bertz CT molecular complexity index is 1160. The Labute approximate surface area is 202 Å². The fourth-order valence-corrected chi connectivity index (χ4v) is 5.94. The van der Waals surface area contributed by atoms with Crippen molar-refractivity contribution in [2.24, 2.45) is 0 Å². The zero-order valence-electron chi connectivity index (χ0n) is 19.1. The number of carbonyl (C=O) groups excluding carboxylic acids is 1. The van der Waals surface area contributed by atoms with Gasteiger partial charge in [0.25, 0.3) is 0 Å². The summed E-state index contributed by atoms with van der Waals surface area (Å²) >= 11 is 1.32. The third kappa shape index (κ3) is 4.24.